The van der Waals surface area contributed by atoms with Gasteiger partial charge in [-0.25, -0.2) is 0 Å². The Hall–Kier alpha value is -1.10. The Morgan fingerprint density at radius 2 is 1.65 bits per heavy atom. The van der Waals surface area contributed by atoms with E-state index in [1.807, 2.05) is 6.07 Å². The molecule has 0 saturated carbocycles. The minimum atomic E-state index is -1.37. The van der Waals surface area contributed by atoms with Crippen LogP contribution in [0.25, 0.3) is 10.4 Å². The molecule has 0 aliphatic heterocycles. The third-order valence-electron chi connectivity index (χ3n) is 2.74. The van der Waals surface area contributed by atoms with Crippen molar-refractivity contribution >= 4 is 23.2 Å². The van der Waals surface area contributed by atoms with E-state index in [0.29, 0.717) is 10.7 Å². The molecule has 1 aromatic heterocycles. The summed E-state index contributed by atoms with van der Waals surface area (Å²) in [5.74, 6) is 0.530. The minimum Gasteiger partial charge on any atom is -0.423 e. The lowest BCUT2D eigenvalue weighted by atomic mass is 9.90. The average Bonchev–Trinajstić information content (AvgIpc) is 2.78. The summed E-state index contributed by atoms with van der Waals surface area (Å²) in [5, 5.41) is 18.1. The summed E-state index contributed by atoms with van der Waals surface area (Å²) in [6, 6.07) is 12.1. The van der Waals surface area contributed by atoms with E-state index in [0.717, 1.165) is 10.4 Å². The maximum atomic E-state index is 9.07. The van der Waals surface area contributed by atoms with E-state index in [2.05, 4.69) is 38.1 Å². The number of rotatable bonds is 3. The molecule has 0 unspecified atom stereocenters. The summed E-state index contributed by atoms with van der Waals surface area (Å²) >= 11 is 1.41. The lowest BCUT2D eigenvalue weighted by Gasteiger charge is -2.05. The summed E-state index contributed by atoms with van der Waals surface area (Å²) in [4.78, 5) is 1.06. The molecule has 0 radical (unpaired) electrons. The van der Waals surface area contributed by atoms with Gasteiger partial charge in [0, 0.05) is 9.65 Å². The highest BCUT2D eigenvalue weighted by Crippen LogP contribution is 2.25. The summed E-state index contributed by atoms with van der Waals surface area (Å²) in [6.07, 6.45) is 0. The van der Waals surface area contributed by atoms with Crippen LogP contribution in [0.4, 0.5) is 0 Å². The molecule has 0 atom stereocenters. The van der Waals surface area contributed by atoms with Gasteiger partial charge in [-0.1, -0.05) is 44.2 Å². The summed E-state index contributed by atoms with van der Waals surface area (Å²) in [6.45, 7) is 4.33. The normalized spacial score (nSPS) is 10.9. The molecule has 0 saturated heterocycles. The van der Waals surface area contributed by atoms with E-state index in [9.17, 15) is 0 Å². The summed E-state index contributed by atoms with van der Waals surface area (Å²) in [5.41, 5.74) is 2.43. The van der Waals surface area contributed by atoms with Crippen molar-refractivity contribution in [1.82, 2.24) is 0 Å². The van der Waals surface area contributed by atoms with Crippen molar-refractivity contribution in [2.75, 3.05) is 0 Å². The maximum Gasteiger partial charge on any atom is 0.499 e. The van der Waals surface area contributed by atoms with Gasteiger partial charge in [-0.15, -0.1) is 11.3 Å². The minimum absolute atomic E-state index is 0.530. The molecule has 0 aliphatic carbocycles. The predicted molar refractivity (Wildman–Crippen MR) is 73.7 cm³/mol. The quantitative estimate of drug-likeness (QED) is 0.815. The first-order chi connectivity index (χ1) is 8.08. The predicted octanol–water partition coefficient (Wildman–Crippen LogP) is 2.22. The lowest BCUT2D eigenvalue weighted by Crippen LogP contribution is -2.26. The molecule has 0 spiro atoms. The van der Waals surface area contributed by atoms with Crippen molar-refractivity contribution in [3.05, 3.63) is 42.0 Å². The van der Waals surface area contributed by atoms with Crippen LogP contribution in [0.15, 0.2) is 36.4 Å². The number of hydrogen-bond acceptors (Lipinski definition) is 3. The van der Waals surface area contributed by atoms with Crippen LogP contribution in [0.5, 0.6) is 0 Å². The van der Waals surface area contributed by atoms with Crippen LogP contribution in [0.3, 0.4) is 0 Å². The zero-order valence-electron chi connectivity index (χ0n) is 9.92. The van der Waals surface area contributed by atoms with Crippen molar-refractivity contribution in [1.29, 1.82) is 0 Å². The molecule has 17 heavy (non-hydrogen) atoms. The van der Waals surface area contributed by atoms with E-state index in [-0.39, 0.29) is 0 Å². The van der Waals surface area contributed by atoms with Gasteiger partial charge >= 0.3 is 7.12 Å². The first kappa shape index (κ1) is 12.4. The van der Waals surface area contributed by atoms with Crippen molar-refractivity contribution in [3.8, 4) is 10.4 Å². The van der Waals surface area contributed by atoms with Gasteiger partial charge in [0.25, 0.3) is 0 Å². The number of hydrogen-bond donors (Lipinski definition) is 2. The fraction of sp³-hybridized carbons (Fsp3) is 0.231. The number of thiophene rings is 1. The average molecular weight is 246 g/mol. The number of benzene rings is 1. The Morgan fingerprint density at radius 1 is 1.00 bits per heavy atom. The van der Waals surface area contributed by atoms with E-state index in [4.69, 9.17) is 10.0 Å². The fourth-order valence-electron chi connectivity index (χ4n) is 1.68. The van der Waals surface area contributed by atoms with E-state index in [1.165, 1.54) is 16.9 Å². The highest BCUT2D eigenvalue weighted by atomic mass is 32.1. The van der Waals surface area contributed by atoms with E-state index < -0.39 is 7.12 Å². The van der Waals surface area contributed by atoms with Gasteiger partial charge in [-0.05, 0) is 23.1 Å². The molecule has 88 valence electrons. The fourth-order valence-corrected chi connectivity index (χ4v) is 2.56. The molecule has 2 nitrogen and oxygen atoms in total. The van der Waals surface area contributed by atoms with Crippen LogP contribution in [0.1, 0.15) is 25.3 Å². The van der Waals surface area contributed by atoms with Crippen molar-refractivity contribution in [2.24, 2.45) is 0 Å². The van der Waals surface area contributed by atoms with Gasteiger partial charge < -0.3 is 10.0 Å². The van der Waals surface area contributed by atoms with Crippen LogP contribution >= 0.6 is 11.3 Å². The Kier molecular flexibility index (Phi) is 3.67. The second kappa shape index (κ2) is 5.04. The summed E-state index contributed by atoms with van der Waals surface area (Å²) < 4.78 is 0.577. The molecule has 0 aliphatic rings. The molecular weight excluding hydrogens is 231 g/mol. The largest absolute Gasteiger partial charge is 0.499 e. The molecule has 2 N–H and O–H groups in total. The Bertz CT molecular complexity index is 488. The first-order valence-electron chi connectivity index (χ1n) is 5.64. The molecule has 2 aromatic rings. The van der Waals surface area contributed by atoms with Gasteiger partial charge in [0.2, 0.25) is 0 Å². The zero-order valence-corrected chi connectivity index (χ0v) is 10.7. The Labute approximate surface area is 106 Å². The molecule has 1 aromatic carbocycles. The highest BCUT2D eigenvalue weighted by molar-refractivity contribution is 7.24. The molecule has 0 fully saturated rings. The summed E-state index contributed by atoms with van der Waals surface area (Å²) in [7, 11) is -1.37. The second-order valence-electron chi connectivity index (χ2n) is 4.35. The van der Waals surface area contributed by atoms with Gasteiger partial charge in [-0.3, -0.25) is 0 Å². The van der Waals surface area contributed by atoms with E-state index >= 15 is 0 Å². The van der Waals surface area contributed by atoms with Gasteiger partial charge in [-0.2, -0.15) is 0 Å². The van der Waals surface area contributed by atoms with E-state index in [1.54, 1.807) is 6.07 Å². The monoisotopic (exact) mass is 246 g/mol. The molecule has 2 rings (SSSR count). The van der Waals surface area contributed by atoms with Gasteiger partial charge in [0.1, 0.15) is 0 Å². The first-order valence-corrected chi connectivity index (χ1v) is 6.46. The van der Waals surface area contributed by atoms with Crippen LogP contribution in [-0.2, 0) is 0 Å². The lowest BCUT2D eigenvalue weighted by molar-refractivity contribution is 0.427. The Morgan fingerprint density at radius 3 is 2.12 bits per heavy atom. The van der Waals surface area contributed by atoms with Gasteiger partial charge in [0.05, 0.1) is 0 Å². The molecule has 0 amide bonds. The van der Waals surface area contributed by atoms with Crippen LogP contribution in [-0.4, -0.2) is 17.2 Å². The van der Waals surface area contributed by atoms with Crippen molar-refractivity contribution < 1.29 is 10.0 Å². The van der Waals surface area contributed by atoms with Gasteiger partial charge in [0.15, 0.2) is 0 Å². The molecule has 4 heteroatoms. The Balaban J connectivity index is 2.27. The molecular formula is C13H15BO2S. The zero-order chi connectivity index (χ0) is 12.4. The third-order valence-corrected chi connectivity index (χ3v) is 3.92. The molecule has 0 bridgehead atoms. The second-order valence-corrected chi connectivity index (χ2v) is 5.47. The van der Waals surface area contributed by atoms with Crippen LogP contribution in [0, 0.1) is 0 Å². The smallest absolute Gasteiger partial charge is 0.423 e. The van der Waals surface area contributed by atoms with Crippen LogP contribution in [0.2, 0.25) is 0 Å². The highest BCUT2D eigenvalue weighted by Gasteiger charge is 2.14. The maximum absolute atomic E-state index is 9.07. The standard InChI is InChI=1S/C13H15BO2S/c1-9(2)10-3-5-11(6-4-10)12-7-8-13(17-12)14(15)16/h3-9,15-16H,1-2H3. The molecule has 1 heterocycles. The van der Waals surface area contributed by atoms with Crippen molar-refractivity contribution in [2.45, 2.75) is 19.8 Å². The topological polar surface area (TPSA) is 40.5 Å². The third kappa shape index (κ3) is 2.78. The van der Waals surface area contributed by atoms with Crippen molar-refractivity contribution in [3.63, 3.8) is 0 Å². The van der Waals surface area contributed by atoms with Crippen LogP contribution < -0.4 is 4.78 Å². The SMILES string of the molecule is CC(C)c1ccc(-c2ccc(B(O)O)s2)cc1.